The van der Waals surface area contributed by atoms with Gasteiger partial charge in [-0.25, -0.2) is 12.8 Å². The number of anilines is 1. The maximum absolute atomic E-state index is 13.5. The number of carbonyl (C=O) groups is 2. The van der Waals surface area contributed by atoms with Crippen LogP contribution in [0.15, 0.2) is 47.4 Å². The number of hydrogen-bond donors (Lipinski definition) is 2. The summed E-state index contributed by atoms with van der Waals surface area (Å²) in [6.45, 7) is 6.11. The molecule has 2 N–H and O–H groups in total. The van der Waals surface area contributed by atoms with Crippen molar-refractivity contribution in [3.05, 3.63) is 59.4 Å². The van der Waals surface area contributed by atoms with Gasteiger partial charge in [0.15, 0.2) is 0 Å². The smallest absolute Gasteiger partial charge is 0.243 e. The minimum atomic E-state index is -3.56. The second kappa shape index (κ2) is 9.15. The van der Waals surface area contributed by atoms with Crippen molar-refractivity contribution in [1.29, 1.82) is 0 Å². The van der Waals surface area contributed by atoms with Gasteiger partial charge < -0.3 is 10.6 Å². The average molecular weight is 448 g/mol. The van der Waals surface area contributed by atoms with Crippen LogP contribution in [0.25, 0.3) is 0 Å². The molecule has 0 spiro atoms. The summed E-state index contributed by atoms with van der Waals surface area (Å²) in [5.41, 5.74) is 1.59. The molecule has 2 atom stereocenters. The summed E-state index contributed by atoms with van der Waals surface area (Å²) in [4.78, 5) is 25.0. The van der Waals surface area contributed by atoms with Gasteiger partial charge in [0, 0.05) is 25.2 Å². The highest BCUT2D eigenvalue weighted by Crippen LogP contribution is 2.33. The quantitative estimate of drug-likeness (QED) is 0.682. The lowest BCUT2D eigenvalue weighted by molar-refractivity contribution is -0.126. The molecule has 1 aliphatic rings. The van der Waals surface area contributed by atoms with E-state index in [1.54, 1.807) is 32.9 Å². The Balaban J connectivity index is 1.76. The Bertz CT molecular complexity index is 1080. The van der Waals surface area contributed by atoms with E-state index in [1.807, 2.05) is 0 Å². The van der Waals surface area contributed by atoms with Gasteiger partial charge in [-0.05, 0) is 42.3 Å². The van der Waals surface area contributed by atoms with Crippen molar-refractivity contribution in [3.8, 4) is 0 Å². The molecule has 1 heterocycles. The number of fused-ring (bicyclic) bond motifs is 1. The van der Waals surface area contributed by atoms with Gasteiger partial charge in [0.2, 0.25) is 21.8 Å². The Morgan fingerprint density at radius 3 is 2.45 bits per heavy atom. The fourth-order valence-corrected chi connectivity index (χ4v) is 5.17. The number of sulfonamides is 1. The van der Waals surface area contributed by atoms with Gasteiger partial charge in [-0.15, -0.1) is 0 Å². The summed E-state index contributed by atoms with van der Waals surface area (Å²) in [5, 5.41) is 5.46. The van der Waals surface area contributed by atoms with Crippen LogP contribution in [-0.4, -0.2) is 37.6 Å². The first-order chi connectivity index (χ1) is 14.7. The number of rotatable bonds is 7. The SMILES string of the molecule is CCN(CC)S(=O)(=O)c1ccc([C@@H](C)NC(=O)[C@H]2CC(=O)Nc3cc(F)ccc32)cc1. The molecule has 0 aromatic heterocycles. The first-order valence-corrected chi connectivity index (χ1v) is 11.6. The monoisotopic (exact) mass is 447 g/mol. The van der Waals surface area contributed by atoms with Crippen LogP contribution >= 0.6 is 0 Å². The molecule has 9 heteroatoms. The molecule has 166 valence electrons. The van der Waals surface area contributed by atoms with Crippen molar-refractivity contribution >= 4 is 27.5 Å². The summed E-state index contributed by atoms with van der Waals surface area (Å²) in [7, 11) is -3.56. The van der Waals surface area contributed by atoms with Crippen LogP contribution in [0, 0.1) is 5.82 Å². The standard InChI is InChI=1S/C22H26FN3O4S/c1-4-26(5-2)31(29,30)17-9-6-15(7-10-17)14(3)24-22(28)19-13-21(27)25-20-12-16(23)8-11-18(19)20/h6-12,14,19H,4-5,13H2,1-3H3,(H,24,28)(H,25,27)/t14-,19+/m1/s1. The zero-order chi connectivity index (χ0) is 22.8. The first-order valence-electron chi connectivity index (χ1n) is 10.2. The summed E-state index contributed by atoms with van der Waals surface area (Å²) >= 11 is 0. The minimum Gasteiger partial charge on any atom is -0.349 e. The van der Waals surface area contributed by atoms with E-state index in [2.05, 4.69) is 10.6 Å². The van der Waals surface area contributed by atoms with Gasteiger partial charge in [-0.3, -0.25) is 9.59 Å². The molecular formula is C22H26FN3O4S. The third-order valence-electron chi connectivity index (χ3n) is 5.45. The molecule has 0 saturated heterocycles. The zero-order valence-electron chi connectivity index (χ0n) is 17.7. The molecule has 0 unspecified atom stereocenters. The lowest BCUT2D eigenvalue weighted by Gasteiger charge is -2.26. The van der Waals surface area contributed by atoms with Gasteiger partial charge >= 0.3 is 0 Å². The van der Waals surface area contributed by atoms with Crippen LogP contribution < -0.4 is 10.6 Å². The zero-order valence-corrected chi connectivity index (χ0v) is 18.5. The number of nitrogens with one attached hydrogen (secondary N) is 2. The van der Waals surface area contributed by atoms with E-state index < -0.39 is 27.8 Å². The molecule has 2 aromatic carbocycles. The van der Waals surface area contributed by atoms with E-state index in [9.17, 15) is 22.4 Å². The summed E-state index contributed by atoms with van der Waals surface area (Å²) in [6.07, 6.45) is -0.0295. The van der Waals surface area contributed by atoms with Crippen LogP contribution in [0.3, 0.4) is 0 Å². The lowest BCUT2D eigenvalue weighted by atomic mass is 9.89. The number of carbonyl (C=O) groups excluding carboxylic acids is 2. The first kappa shape index (κ1) is 22.9. The fourth-order valence-electron chi connectivity index (χ4n) is 3.71. The molecule has 0 bridgehead atoms. The third kappa shape index (κ3) is 4.77. The van der Waals surface area contributed by atoms with Crippen LogP contribution in [0.4, 0.5) is 10.1 Å². The Kier molecular flexibility index (Phi) is 6.76. The Morgan fingerprint density at radius 1 is 1.19 bits per heavy atom. The van der Waals surface area contributed by atoms with E-state index in [4.69, 9.17) is 0 Å². The third-order valence-corrected chi connectivity index (χ3v) is 7.52. The molecule has 7 nitrogen and oxygen atoms in total. The number of hydrogen-bond acceptors (Lipinski definition) is 4. The van der Waals surface area contributed by atoms with E-state index in [-0.39, 0.29) is 23.1 Å². The number of benzene rings is 2. The molecule has 2 aromatic rings. The molecule has 0 radical (unpaired) electrons. The molecule has 0 aliphatic carbocycles. The molecule has 1 aliphatic heterocycles. The Morgan fingerprint density at radius 2 is 1.84 bits per heavy atom. The topological polar surface area (TPSA) is 95.6 Å². The molecule has 31 heavy (non-hydrogen) atoms. The van der Waals surface area contributed by atoms with Crippen molar-refractivity contribution < 1.29 is 22.4 Å². The Hall–Kier alpha value is -2.78. The molecule has 3 rings (SSSR count). The van der Waals surface area contributed by atoms with Crippen LogP contribution in [0.5, 0.6) is 0 Å². The normalized spacial score (nSPS) is 17.1. The van der Waals surface area contributed by atoms with Crippen molar-refractivity contribution in [2.24, 2.45) is 0 Å². The summed E-state index contributed by atoms with van der Waals surface area (Å²) in [6, 6.07) is 9.93. The highest BCUT2D eigenvalue weighted by molar-refractivity contribution is 7.89. The molecule has 0 fully saturated rings. The van der Waals surface area contributed by atoms with Gasteiger partial charge in [-0.1, -0.05) is 32.0 Å². The second-order valence-corrected chi connectivity index (χ2v) is 9.36. The van der Waals surface area contributed by atoms with E-state index in [0.717, 1.165) is 5.56 Å². The van der Waals surface area contributed by atoms with Crippen molar-refractivity contribution in [2.45, 2.75) is 44.0 Å². The predicted molar refractivity (Wildman–Crippen MR) is 115 cm³/mol. The van der Waals surface area contributed by atoms with Crippen LogP contribution in [-0.2, 0) is 19.6 Å². The van der Waals surface area contributed by atoms with E-state index in [1.165, 1.54) is 34.6 Å². The van der Waals surface area contributed by atoms with Crippen LogP contribution in [0.2, 0.25) is 0 Å². The van der Waals surface area contributed by atoms with Crippen molar-refractivity contribution in [3.63, 3.8) is 0 Å². The fraction of sp³-hybridized carbons (Fsp3) is 0.364. The van der Waals surface area contributed by atoms with Crippen molar-refractivity contribution in [2.75, 3.05) is 18.4 Å². The predicted octanol–water partition coefficient (Wildman–Crippen LogP) is 3.16. The Labute approximate surface area is 181 Å². The van der Waals surface area contributed by atoms with Gasteiger partial charge in [0.1, 0.15) is 5.82 Å². The highest BCUT2D eigenvalue weighted by Gasteiger charge is 2.31. The average Bonchev–Trinajstić information content (AvgIpc) is 2.73. The van der Waals surface area contributed by atoms with Crippen molar-refractivity contribution in [1.82, 2.24) is 9.62 Å². The number of amides is 2. The summed E-state index contributed by atoms with van der Waals surface area (Å²) < 4.78 is 40.1. The van der Waals surface area contributed by atoms with Crippen LogP contribution in [0.1, 0.15) is 50.3 Å². The molecule has 0 saturated carbocycles. The van der Waals surface area contributed by atoms with E-state index in [0.29, 0.717) is 24.3 Å². The minimum absolute atomic E-state index is 0.0295. The highest BCUT2D eigenvalue weighted by atomic mass is 32.2. The number of nitrogens with zero attached hydrogens (tertiary/aromatic N) is 1. The van der Waals surface area contributed by atoms with E-state index >= 15 is 0 Å². The lowest BCUT2D eigenvalue weighted by Crippen LogP contribution is -2.36. The maximum atomic E-state index is 13.5. The maximum Gasteiger partial charge on any atom is 0.243 e. The number of halogens is 1. The second-order valence-electron chi connectivity index (χ2n) is 7.43. The molecule has 2 amide bonds. The van der Waals surface area contributed by atoms with Gasteiger partial charge in [-0.2, -0.15) is 4.31 Å². The molecular weight excluding hydrogens is 421 g/mol. The summed E-state index contributed by atoms with van der Waals surface area (Å²) in [5.74, 6) is -1.92. The van der Waals surface area contributed by atoms with Gasteiger partial charge in [0.25, 0.3) is 0 Å². The van der Waals surface area contributed by atoms with Gasteiger partial charge in [0.05, 0.1) is 16.9 Å². The largest absolute Gasteiger partial charge is 0.349 e.